The predicted octanol–water partition coefficient (Wildman–Crippen LogP) is 3.45. The molecule has 6 heteroatoms. The minimum Gasteiger partial charge on any atom is -0.497 e. The zero-order valence-electron chi connectivity index (χ0n) is 17.3. The van der Waals surface area contributed by atoms with E-state index in [-0.39, 0.29) is 6.61 Å². The molecule has 1 aliphatic rings. The lowest BCUT2D eigenvalue weighted by Gasteiger charge is -2.11. The summed E-state index contributed by atoms with van der Waals surface area (Å²) < 4.78 is 16.1. The largest absolute Gasteiger partial charge is 0.497 e. The number of esters is 1. The molecule has 1 heterocycles. The summed E-state index contributed by atoms with van der Waals surface area (Å²) in [6, 6.07) is 6.29. The second-order valence-corrected chi connectivity index (χ2v) is 6.94. The van der Waals surface area contributed by atoms with Crippen molar-refractivity contribution in [1.29, 1.82) is 0 Å². The Morgan fingerprint density at radius 3 is 2.86 bits per heavy atom. The van der Waals surface area contributed by atoms with Crippen molar-refractivity contribution in [3.05, 3.63) is 46.9 Å². The molecule has 0 N–H and O–H groups in total. The van der Waals surface area contributed by atoms with Gasteiger partial charge in [-0.2, -0.15) is 4.98 Å². The quantitative estimate of drug-likeness (QED) is 0.529. The van der Waals surface area contributed by atoms with Gasteiger partial charge in [-0.1, -0.05) is 13.0 Å². The average molecular weight is 394 g/mol. The molecule has 0 saturated heterocycles. The van der Waals surface area contributed by atoms with Crippen LogP contribution in [0.3, 0.4) is 0 Å². The molecule has 0 bridgehead atoms. The lowest BCUT2D eigenvalue weighted by atomic mass is 10.00. The standard InChI is InChI=1S/C23H26N2O4/c1-5-16-11-19(27-4)8-9-20(16)21-12-18(21)14-29-23-17(13-24-15(3)25-23)7-10-22(26)28-6-2/h8-9,11,13,18,21H,5-6,12,14H2,1-4H3. The van der Waals surface area contributed by atoms with Crippen molar-refractivity contribution in [1.82, 2.24) is 9.97 Å². The van der Waals surface area contributed by atoms with E-state index in [1.165, 1.54) is 11.1 Å². The van der Waals surface area contributed by atoms with Crippen LogP contribution in [0.5, 0.6) is 11.6 Å². The van der Waals surface area contributed by atoms with Crippen LogP contribution >= 0.6 is 0 Å². The zero-order valence-corrected chi connectivity index (χ0v) is 17.3. The molecule has 1 aromatic carbocycles. The molecule has 1 aromatic heterocycles. The molecular formula is C23H26N2O4. The van der Waals surface area contributed by atoms with Crippen molar-refractivity contribution in [3.8, 4) is 23.5 Å². The van der Waals surface area contributed by atoms with E-state index in [0.29, 0.717) is 35.7 Å². The van der Waals surface area contributed by atoms with Crippen LogP contribution in [0.25, 0.3) is 0 Å². The summed E-state index contributed by atoms with van der Waals surface area (Å²) in [5.41, 5.74) is 3.17. The minimum atomic E-state index is -0.576. The maximum absolute atomic E-state index is 11.5. The van der Waals surface area contributed by atoms with Crippen LogP contribution in [0.2, 0.25) is 0 Å². The summed E-state index contributed by atoms with van der Waals surface area (Å²) in [5, 5.41) is 0. The molecule has 3 rings (SSSR count). The highest BCUT2D eigenvalue weighted by Gasteiger charge is 2.40. The third-order valence-electron chi connectivity index (χ3n) is 4.94. The van der Waals surface area contributed by atoms with Crippen LogP contribution in [-0.2, 0) is 16.0 Å². The van der Waals surface area contributed by atoms with Gasteiger partial charge < -0.3 is 14.2 Å². The van der Waals surface area contributed by atoms with Crippen LogP contribution in [0.1, 0.15) is 48.7 Å². The molecule has 29 heavy (non-hydrogen) atoms. The number of carbonyl (C=O) groups is 1. The summed E-state index contributed by atoms with van der Waals surface area (Å²) in [7, 11) is 1.69. The van der Waals surface area contributed by atoms with E-state index in [1.54, 1.807) is 27.2 Å². The highest BCUT2D eigenvalue weighted by Crippen LogP contribution is 2.49. The van der Waals surface area contributed by atoms with Gasteiger partial charge >= 0.3 is 5.97 Å². The molecule has 2 atom stereocenters. The van der Waals surface area contributed by atoms with Crippen molar-refractivity contribution in [2.24, 2.45) is 5.92 Å². The number of rotatable bonds is 7. The van der Waals surface area contributed by atoms with E-state index in [0.717, 1.165) is 18.6 Å². The van der Waals surface area contributed by atoms with Crippen LogP contribution in [0.15, 0.2) is 24.4 Å². The number of ether oxygens (including phenoxy) is 3. The number of aryl methyl sites for hydroxylation is 2. The number of hydrogen-bond acceptors (Lipinski definition) is 6. The molecule has 152 valence electrons. The summed E-state index contributed by atoms with van der Waals surface area (Å²) in [5.74, 6) is 7.42. The molecule has 1 saturated carbocycles. The van der Waals surface area contributed by atoms with E-state index >= 15 is 0 Å². The molecule has 1 fully saturated rings. The van der Waals surface area contributed by atoms with Gasteiger partial charge in [-0.3, -0.25) is 0 Å². The van der Waals surface area contributed by atoms with E-state index in [9.17, 15) is 4.79 Å². The predicted molar refractivity (Wildman–Crippen MR) is 109 cm³/mol. The third kappa shape index (κ3) is 5.26. The summed E-state index contributed by atoms with van der Waals surface area (Å²) in [6.07, 6.45) is 3.62. The Hall–Kier alpha value is -3.07. The Morgan fingerprint density at radius 2 is 2.14 bits per heavy atom. The van der Waals surface area contributed by atoms with Gasteiger partial charge in [0.05, 0.1) is 26.5 Å². The molecule has 0 amide bonds. The lowest BCUT2D eigenvalue weighted by molar-refractivity contribution is -0.136. The van der Waals surface area contributed by atoms with Gasteiger partial charge in [-0.05, 0) is 61.8 Å². The fourth-order valence-corrected chi connectivity index (χ4v) is 3.31. The van der Waals surface area contributed by atoms with Crippen LogP contribution in [-0.4, -0.2) is 36.3 Å². The van der Waals surface area contributed by atoms with Gasteiger partial charge in [-0.15, -0.1) is 0 Å². The Kier molecular flexibility index (Phi) is 6.71. The highest BCUT2D eigenvalue weighted by molar-refractivity contribution is 5.89. The first-order valence-corrected chi connectivity index (χ1v) is 9.87. The van der Waals surface area contributed by atoms with Crippen LogP contribution in [0.4, 0.5) is 0 Å². The minimum absolute atomic E-state index is 0.287. The van der Waals surface area contributed by atoms with Gasteiger partial charge in [0.1, 0.15) is 17.1 Å². The maximum Gasteiger partial charge on any atom is 0.384 e. The van der Waals surface area contributed by atoms with Crippen molar-refractivity contribution in [2.75, 3.05) is 20.3 Å². The molecule has 2 unspecified atom stereocenters. The van der Waals surface area contributed by atoms with Gasteiger partial charge in [0.25, 0.3) is 0 Å². The summed E-state index contributed by atoms with van der Waals surface area (Å²) >= 11 is 0. The molecule has 0 radical (unpaired) electrons. The fraction of sp³-hybridized carbons (Fsp3) is 0.435. The molecular weight excluding hydrogens is 368 g/mol. The number of nitrogens with zero attached hydrogens (tertiary/aromatic N) is 2. The Labute approximate surface area is 171 Å². The molecule has 0 spiro atoms. The van der Waals surface area contributed by atoms with Crippen LogP contribution < -0.4 is 9.47 Å². The van der Waals surface area contributed by atoms with Crippen molar-refractivity contribution in [2.45, 2.75) is 39.5 Å². The van der Waals surface area contributed by atoms with E-state index < -0.39 is 5.97 Å². The first-order valence-electron chi connectivity index (χ1n) is 9.87. The summed E-state index contributed by atoms with van der Waals surface area (Å²) in [4.78, 5) is 20.0. The lowest BCUT2D eigenvalue weighted by Crippen LogP contribution is -2.06. The normalized spacial score (nSPS) is 17.1. The molecule has 1 aliphatic carbocycles. The Bertz CT molecular complexity index is 946. The fourth-order valence-electron chi connectivity index (χ4n) is 3.31. The molecule has 2 aromatic rings. The molecule has 6 nitrogen and oxygen atoms in total. The highest BCUT2D eigenvalue weighted by atomic mass is 16.5. The number of carbonyl (C=O) groups excluding carboxylic acids is 1. The van der Waals surface area contributed by atoms with Crippen LogP contribution in [0, 0.1) is 24.7 Å². The monoisotopic (exact) mass is 394 g/mol. The topological polar surface area (TPSA) is 70.5 Å². The third-order valence-corrected chi connectivity index (χ3v) is 4.94. The summed E-state index contributed by atoms with van der Waals surface area (Å²) in [6.45, 7) is 6.52. The van der Waals surface area contributed by atoms with Crippen molar-refractivity contribution < 1.29 is 19.0 Å². The Morgan fingerprint density at radius 1 is 1.31 bits per heavy atom. The second kappa shape index (κ2) is 9.42. The SMILES string of the molecule is CCOC(=O)C#Cc1cnc(C)nc1OCC1CC1c1ccc(OC)cc1CC. The van der Waals surface area contributed by atoms with Gasteiger partial charge in [-0.25, -0.2) is 9.78 Å². The van der Waals surface area contributed by atoms with Gasteiger partial charge in [0.15, 0.2) is 0 Å². The smallest absolute Gasteiger partial charge is 0.384 e. The van der Waals surface area contributed by atoms with E-state index in [1.807, 2.05) is 6.07 Å². The average Bonchev–Trinajstić information content (AvgIpc) is 3.50. The maximum atomic E-state index is 11.5. The van der Waals surface area contributed by atoms with Crippen molar-refractivity contribution in [3.63, 3.8) is 0 Å². The Balaban J connectivity index is 1.67. The number of hydrogen-bond donors (Lipinski definition) is 0. The second-order valence-electron chi connectivity index (χ2n) is 6.94. The number of benzene rings is 1. The van der Waals surface area contributed by atoms with Crippen molar-refractivity contribution >= 4 is 5.97 Å². The first-order chi connectivity index (χ1) is 14.0. The van der Waals surface area contributed by atoms with Gasteiger partial charge in [0.2, 0.25) is 5.88 Å². The number of methoxy groups -OCH3 is 1. The number of aromatic nitrogens is 2. The van der Waals surface area contributed by atoms with E-state index in [4.69, 9.17) is 14.2 Å². The zero-order chi connectivity index (χ0) is 20.8. The van der Waals surface area contributed by atoms with E-state index in [2.05, 4.69) is 40.9 Å². The van der Waals surface area contributed by atoms with Gasteiger partial charge in [0, 0.05) is 11.8 Å². The molecule has 0 aliphatic heterocycles. The first kappa shape index (κ1) is 20.7.